The van der Waals surface area contributed by atoms with Crippen molar-refractivity contribution < 1.29 is 4.79 Å². The van der Waals surface area contributed by atoms with Crippen LogP contribution in [-0.2, 0) is 0 Å². The summed E-state index contributed by atoms with van der Waals surface area (Å²) in [6.45, 7) is 8.11. The van der Waals surface area contributed by atoms with Crippen LogP contribution in [0, 0.1) is 5.92 Å². The van der Waals surface area contributed by atoms with Gasteiger partial charge < -0.3 is 5.32 Å². The van der Waals surface area contributed by atoms with Crippen molar-refractivity contribution in [1.29, 1.82) is 0 Å². The minimum absolute atomic E-state index is 0.147. The second-order valence-corrected chi connectivity index (χ2v) is 5.90. The highest BCUT2D eigenvalue weighted by atomic mass is 16.1. The van der Waals surface area contributed by atoms with E-state index in [2.05, 4.69) is 34.1 Å². The SMILES string of the molecule is CC(C)c1nccc(C(=O)N[C@H](c2ccccn2)C(C)C)n1. The lowest BCUT2D eigenvalue weighted by Crippen LogP contribution is -2.33. The van der Waals surface area contributed by atoms with E-state index in [4.69, 9.17) is 0 Å². The Labute approximate surface area is 131 Å². The summed E-state index contributed by atoms with van der Waals surface area (Å²) in [7, 11) is 0. The number of nitrogens with zero attached hydrogens (tertiary/aromatic N) is 3. The van der Waals surface area contributed by atoms with E-state index in [0.29, 0.717) is 11.5 Å². The monoisotopic (exact) mass is 298 g/mol. The van der Waals surface area contributed by atoms with Gasteiger partial charge in [-0.05, 0) is 24.1 Å². The maximum atomic E-state index is 12.5. The van der Waals surface area contributed by atoms with Gasteiger partial charge in [-0.25, -0.2) is 9.97 Å². The predicted octanol–water partition coefficient (Wildman–Crippen LogP) is 3.12. The molecule has 0 saturated carbocycles. The molecule has 0 unspecified atom stereocenters. The Morgan fingerprint density at radius 1 is 1.05 bits per heavy atom. The molecule has 5 heteroatoms. The van der Waals surface area contributed by atoms with Crippen LogP contribution in [0.15, 0.2) is 36.7 Å². The highest BCUT2D eigenvalue weighted by molar-refractivity contribution is 5.92. The van der Waals surface area contributed by atoms with Crippen molar-refractivity contribution in [2.24, 2.45) is 5.92 Å². The molecule has 0 saturated heterocycles. The first-order chi connectivity index (χ1) is 10.5. The number of rotatable bonds is 5. The van der Waals surface area contributed by atoms with Crippen LogP contribution in [0.25, 0.3) is 0 Å². The van der Waals surface area contributed by atoms with Gasteiger partial charge in [-0.3, -0.25) is 9.78 Å². The van der Waals surface area contributed by atoms with Crippen LogP contribution in [0.4, 0.5) is 0 Å². The lowest BCUT2D eigenvalue weighted by molar-refractivity contribution is 0.0918. The van der Waals surface area contributed by atoms with Gasteiger partial charge in [-0.1, -0.05) is 33.8 Å². The zero-order valence-electron chi connectivity index (χ0n) is 13.4. The molecule has 0 spiro atoms. The maximum absolute atomic E-state index is 12.5. The Kier molecular flexibility index (Phi) is 5.20. The average molecular weight is 298 g/mol. The van der Waals surface area contributed by atoms with Crippen LogP contribution in [0.1, 0.15) is 61.7 Å². The molecule has 2 aromatic rings. The quantitative estimate of drug-likeness (QED) is 0.921. The van der Waals surface area contributed by atoms with Gasteiger partial charge in [0.25, 0.3) is 5.91 Å². The number of pyridine rings is 1. The van der Waals surface area contributed by atoms with Crippen molar-refractivity contribution in [3.63, 3.8) is 0 Å². The summed E-state index contributed by atoms with van der Waals surface area (Å²) in [6, 6.07) is 7.20. The number of hydrogen-bond donors (Lipinski definition) is 1. The Morgan fingerprint density at radius 2 is 1.82 bits per heavy atom. The fraction of sp³-hybridized carbons (Fsp3) is 0.412. The van der Waals surface area contributed by atoms with E-state index in [9.17, 15) is 4.79 Å². The van der Waals surface area contributed by atoms with Crippen LogP contribution < -0.4 is 5.32 Å². The van der Waals surface area contributed by atoms with Gasteiger partial charge in [-0.2, -0.15) is 0 Å². The molecule has 0 aliphatic rings. The van der Waals surface area contributed by atoms with Gasteiger partial charge in [-0.15, -0.1) is 0 Å². The van der Waals surface area contributed by atoms with Crippen molar-refractivity contribution in [3.05, 3.63) is 53.9 Å². The maximum Gasteiger partial charge on any atom is 0.270 e. The van der Waals surface area contributed by atoms with E-state index in [1.165, 1.54) is 0 Å². The Bertz CT molecular complexity index is 626. The van der Waals surface area contributed by atoms with Gasteiger partial charge in [0.05, 0.1) is 11.7 Å². The third-order valence-electron chi connectivity index (χ3n) is 3.38. The molecule has 2 heterocycles. The number of carbonyl (C=O) groups is 1. The Hall–Kier alpha value is -2.30. The van der Waals surface area contributed by atoms with Gasteiger partial charge in [0, 0.05) is 18.3 Å². The van der Waals surface area contributed by atoms with Crippen molar-refractivity contribution in [1.82, 2.24) is 20.3 Å². The summed E-state index contributed by atoms with van der Waals surface area (Å²) in [5.74, 6) is 0.884. The third kappa shape index (κ3) is 3.87. The number of amides is 1. The molecular formula is C17H22N4O. The molecule has 1 N–H and O–H groups in total. The van der Waals surface area contributed by atoms with Crippen molar-refractivity contribution in [2.75, 3.05) is 0 Å². The molecule has 1 amide bonds. The minimum atomic E-state index is -0.200. The first kappa shape index (κ1) is 16.1. The molecule has 2 rings (SSSR count). The standard InChI is InChI=1S/C17H22N4O/c1-11(2)15(13-7-5-6-9-18-13)21-17(22)14-8-10-19-16(20-14)12(3)4/h5-12,15H,1-4H3,(H,21,22)/t15-/m0/s1. The van der Waals surface area contributed by atoms with E-state index >= 15 is 0 Å². The van der Waals surface area contributed by atoms with Crippen LogP contribution in [0.2, 0.25) is 0 Å². The Balaban J connectivity index is 2.20. The summed E-state index contributed by atoms with van der Waals surface area (Å²) in [5.41, 5.74) is 1.24. The molecule has 0 aliphatic heterocycles. The first-order valence-corrected chi connectivity index (χ1v) is 7.53. The second kappa shape index (κ2) is 7.11. The van der Waals surface area contributed by atoms with Crippen LogP contribution in [0.3, 0.4) is 0 Å². The van der Waals surface area contributed by atoms with Crippen LogP contribution in [-0.4, -0.2) is 20.9 Å². The molecule has 0 aromatic carbocycles. The highest BCUT2D eigenvalue weighted by Gasteiger charge is 2.21. The lowest BCUT2D eigenvalue weighted by atomic mass is 10.00. The molecule has 116 valence electrons. The Morgan fingerprint density at radius 3 is 2.41 bits per heavy atom. The van der Waals surface area contributed by atoms with Gasteiger partial charge in [0.2, 0.25) is 0 Å². The molecule has 0 bridgehead atoms. The lowest BCUT2D eigenvalue weighted by Gasteiger charge is -2.21. The molecule has 2 aromatic heterocycles. The summed E-state index contributed by atoms with van der Waals surface area (Å²) in [6.07, 6.45) is 3.36. The summed E-state index contributed by atoms with van der Waals surface area (Å²) >= 11 is 0. The second-order valence-electron chi connectivity index (χ2n) is 5.90. The minimum Gasteiger partial charge on any atom is -0.342 e. The molecular weight excluding hydrogens is 276 g/mol. The summed E-state index contributed by atoms with van der Waals surface area (Å²) in [4.78, 5) is 25.3. The third-order valence-corrected chi connectivity index (χ3v) is 3.38. The normalized spacial score (nSPS) is 12.5. The van der Waals surface area contributed by atoms with Crippen LogP contribution >= 0.6 is 0 Å². The van der Waals surface area contributed by atoms with Crippen molar-refractivity contribution >= 4 is 5.91 Å². The molecule has 5 nitrogen and oxygen atoms in total. The van der Waals surface area contributed by atoms with Gasteiger partial charge in [0.15, 0.2) is 0 Å². The number of carbonyl (C=O) groups excluding carboxylic acids is 1. The molecule has 0 aliphatic carbocycles. The van der Waals surface area contributed by atoms with E-state index in [1.54, 1.807) is 18.5 Å². The largest absolute Gasteiger partial charge is 0.342 e. The number of aromatic nitrogens is 3. The van der Waals surface area contributed by atoms with E-state index in [1.807, 2.05) is 32.0 Å². The van der Waals surface area contributed by atoms with Gasteiger partial charge in [0.1, 0.15) is 11.5 Å². The molecule has 1 atom stereocenters. The zero-order valence-corrected chi connectivity index (χ0v) is 13.4. The molecule has 0 fully saturated rings. The zero-order chi connectivity index (χ0) is 16.1. The summed E-state index contributed by atoms with van der Waals surface area (Å²) in [5, 5.41) is 3.02. The van der Waals surface area contributed by atoms with Crippen LogP contribution in [0.5, 0.6) is 0 Å². The van der Waals surface area contributed by atoms with E-state index < -0.39 is 0 Å². The predicted molar refractivity (Wildman–Crippen MR) is 85.4 cm³/mol. The fourth-order valence-electron chi connectivity index (χ4n) is 2.14. The highest BCUT2D eigenvalue weighted by Crippen LogP contribution is 2.20. The average Bonchev–Trinajstić information content (AvgIpc) is 2.53. The number of nitrogens with one attached hydrogen (secondary N) is 1. The fourth-order valence-corrected chi connectivity index (χ4v) is 2.14. The van der Waals surface area contributed by atoms with Crippen molar-refractivity contribution in [3.8, 4) is 0 Å². The topological polar surface area (TPSA) is 67.8 Å². The van der Waals surface area contributed by atoms with E-state index in [0.717, 1.165) is 5.69 Å². The first-order valence-electron chi connectivity index (χ1n) is 7.53. The molecule has 0 radical (unpaired) electrons. The van der Waals surface area contributed by atoms with Crippen molar-refractivity contribution in [2.45, 2.75) is 39.7 Å². The number of hydrogen-bond acceptors (Lipinski definition) is 4. The smallest absolute Gasteiger partial charge is 0.270 e. The van der Waals surface area contributed by atoms with E-state index in [-0.39, 0.29) is 23.8 Å². The summed E-state index contributed by atoms with van der Waals surface area (Å²) < 4.78 is 0. The molecule has 22 heavy (non-hydrogen) atoms. The van der Waals surface area contributed by atoms with Gasteiger partial charge >= 0.3 is 0 Å².